The molecule has 7 nitrogen and oxygen atoms in total. The lowest BCUT2D eigenvalue weighted by Gasteiger charge is -2.35. The van der Waals surface area contributed by atoms with Gasteiger partial charge >= 0.3 is 0 Å². The third-order valence-electron chi connectivity index (χ3n) is 4.41. The summed E-state index contributed by atoms with van der Waals surface area (Å²) >= 11 is 0. The summed E-state index contributed by atoms with van der Waals surface area (Å²) in [4.78, 5) is 30.8. The van der Waals surface area contributed by atoms with Crippen LogP contribution in [-0.2, 0) is 11.3 Å². The van der Waals surface area contributed by atoms with Crippen LogP contribution in [0.5, 0.6) is 0 Å². The predicted octanol–water partition coefficient (Wildman–Crippen LogP) is 0.536. The number of nitrogens with zero attached hydrogens (tertiary/aromatic N) is 2. The molecular weight excluding hydrogens is 306 g/mol. The van der Waals surface area contributed by atoms with Crippen molar-refractivity contribution in [3.8, 4) is 0 Å². The smallest absolute Gasteiger partial charge is 0.269 e. The van der Waals surface area contributed by atoms with Crippen molar-refractivity contribution in [2.45, 2.75) is 38.3 Å². The highest BCUT2D eigenvalue weighted by Crippen LogP contribution is 2.19. The van der Waals surface area contributed by atoms with Crippen molar-refractivity contribution in [3.63, 3.8) is 0 Å². The van der Waals surface area contributed by atoms with Gasteiger partial charge in [-0.1, -0.05) is 6.42 Å². The van der Waals surface area contributed by atoms with E-state index in [9.17, 15) is 9.59 Å². The van der Waals surface area contributed by atoms with Crippen molar-refractivity contribution in [1.29, 1.82) is 0 Å². The molecule has 1 aromatic heterocycles. The summed E-state index contributed by atoms with van der Waals surface area (Å²) in [6.07, 6.45) is 3.80. The van der Waals surface area contributed by atoms with E-state index in [-0.39, 0.29) is 11.8 Å². The zero-order chi connectivity index (χ0) is 17.5. The van der Waals surface area contributed by atoms with Gasteiger partial charge in [-0.3, -0.25) is 14.5 Å². The monoisotopic (exact) mass is 335 g/mol. The van der Waals surface area contributed by atoms with Crippen molar-refractivity contribution in [2.75, 3.05) is 33.7 Å². The molecule has 0 bridgehead atoms. The second-order valence-corrected chi connectivity index (χ2v) is 6.56. The van der Waals surface area contributed by atoms with E-state index in [0.717, 1.165) is 31.6 Å². The van der Waals surface area contributed by atoms with Crippen LogP contribution in [0.3, 0.4) is 0 Å². The summed E-state index contributed by atoms with van der Waals surface area (Å²) < 4.78 is 0. The fourth-order valence-electron chi connectivity index (χ4n) is 3.07. The average Bonchev–Trinajstić information content (AvgIpc) is 3.02. The largest absolute Gasteiger partial charge is 0.354 e. The third-order valence-corrected chi connectivity index (χ3v) is 4.41. The lowest BCUT2D eigenvalue weighted by Crippen LogP contribution is -2.46. The van der Waals surface area contributed by atoms with Crippen LogP contribution >= 0.6 is 0 Å². The molecule has 24 heavy (non-hydrogen) atoms. The average molecular weight is 335 g/mol. The number of rotatable bonds is 7. The molecule has 1 unspecified atom stereocenters. The van der Waals surface area contributed by atoms with Gasteiger partial charge in [-0.2, -0.15) is 0 Å². The van der Waals surface area contributed by atoms with Gasteiger partial charge in [-0.25, -0.2) is 0 Å². The quantitative estimate of drug-likeness (QED) is 0.678. The van der Waals surface area contributed by atoms with E-state index in [4.69, 9.17) is 5.73 Å². The molecule has 0 saturated carbocycles. The van der Waals surface area contributed by atoms with Crippen LogP contribution in [0.15, 0.2) is 12.1 Å². The zero-order valence-corrected chi connectivity index (χ0v) is 14.7. The second kappa shape index (κ2) is 8.84. The van der Waals surface area contributed by atoms with Gasteiger partial charge in [0.05, 0.1) is 0 Å². The highest BCUT2D eigenvalue weighted by atomic mass is 16.2. The van der Waals surface area contributed by atoms with Crippen LogP contribution in [0.25, 0.3) is 0 Å². The molecule has 1 aromatic rings. The SMILES string of the molecule is CN(C)C(=O)c1ccc(CN2CCCCC2CNC(=O)CCN)[nH]1. The van der Waals surface area contributed by atoms with Gasteiger partial charge in [0.25, 0.3) is 5.91 Å². The van der Waals surface area contributed by atoms with E-state index in [1.165, 1.54) is 6.42 Å². The van der Waals surface area contributed by atoms with Gasteiger partial charge in [0.1, 0.15) is 5.69 Å². The Morgan fingerprint density at radius 3 is 2.88 bits per heavy atom. The van der Waals surface area contributed by atoms with Crippen LogP contribution in [0, 0.1) is 0 Å². The number of nitrogens with two attached hydrogens (primary N) is 1. The van der Waals surface area contributed by atoms with Gasteiger partial charge in [-0.05, 0) is 31.5 Å². The minimum Gasteiger partial charge on any atom is -0.354 e. The molecule has 4 N–H and O–H groups in total. The van der Waals surface area contributed by atoms with Gasteiger partial charge in [0.2, 0.25) is 5.91 Å². The Morgan fingerprint density at radius 2 is 2.17 bits per heavy atom. The van der Waals surface area contributed by atoms with Gasteiger partial charge < -0.3 is 20.9 Å². The Kier molecular flexibility index (Phi) is 6.81. The van der Waals surface area contributed by atoms with Crippen molar-refractivity contribution in [3.05, 3.63) is 23.5 Å². The van der Waals surface area contributed by atoms with Crippen LogP contribution in [-0.4, -0.2) is 66.4 Å². The van der Waals surface area contributed by atoms with E-state index >= 15 is 0 Å². The Hall–Kier alpha value is -1.86. The summed E-state index contributed by atoms with van der Waals surface area (Å²) in [5, 5.41) is 2.98. The highest BCUT2D eigenvalue weighted by Gasteiger charge is 2.23. The summed E-state index contributed by atoms with van der Waals surface area (Å²) in [5.41, 5.74) is 7.05. The molecule has 1 saturated heterocycles. The zero-order valence-electron chi connectivity index (χ0n) is 14.7. The first-order valence-electron chi connectivity index (χ1n) is 8.61. The summed E-state index contributed by atoms with van der Waals surface area (Å²) in [6, 6.07) is 4.13. The van der Waals surface area contributed by atoms with Crippen LogP contribution in [0.1, 0.15) is 41.9 Å². The number of amides is 2. The van der Waals surface area contributed by atoms with Crippen LogP contribution in [0.2, 0.25) is 0 Å². The normalized spacial score (nSPS) is 18.4. The number of nitrogens with one attached hydrogen (secondary N) is 2. The third kappa shape index (κ3) is 5.07. The second-order valence-electron chi connectivity index (χ2n) is 6.56. The summed E-state index contributed by atoms with van der Waals surface area (Å²) in [7, 11) is 3.49. The number of likely N-dealkylation sites (tertiary alicyclic amines) is 1. The first-order chi connectivity index (χ1) is 11.5. The molecule has 2 rings (SSSR count). The number of hydrogen-bond acceptors (Lipinski definition) is 4. The topological polar surface area (TPSA) is 94.5 Å². The maximum absolute atomic E-state index is 12.0. The van der Waals surface area contributed by atoms with Crippen molar-refractivity contribution in [1.82, 2.24) is 20.1 Å². The fraction of sp³-hybridized carbons (Fsp3) is 0.647. The number of carbonyl (C=O) groups excluding carboxylic acids is 2. The van der Waals surface area contributed by atoms with E-state index < -0.39 is 0 Å². The van der Waals surface area contributed by atoms with Crippen LogP contribution in [0.4, 0.5) is 0 Å². The summed E-state index contributed by atoms with van der Waals surface area (Å²) in [6.45, 7) is 2.81. The van der Waals surface area contributed by atoms with E-state index in [0.29, 0.717) is 31.2 Å². The minimum atomic E-state index is -0.0227. The first kappa shape index (κ1) is 18.5. The molecule has 1 aliphatic rings. The Balaban J connectivity index is 1.93. The first-order valence-corrected chi connectivity index (χ1v) is 8.61. The molecule has 134 valence electrons. The van der Waals surface area contributed by atoms with Gasteiger partial charge in [0, 0.05) is 51.9 Å². The predicted molar refractivity (Wildman–Crippen MR) is 93.5 cm³/mol. The molecular formula is C17H29N5O2. The van der Waals surface area contributed by atoms with Gasteiger partial charge in [-0.15, -0.1) is 0 Å². The minimum absolute atomic E-state index is 0.0155. The molecule has 2 heterocycles. The summed E-state index contributed by atoms with van der Waals surface area (Å²) in [5.74, 6) is -0.00717. The van der Waals surface area contributed by atoms with Crippen molar-refractivity contribution >= 4 is 11.8 Å². The van der Waals surface area contributed by atoms with Crippen molar-refractivity contribution in [2.24, 2.45) is 5.73 Å². The Bertz CT molecular complexity index is 555. The maximum Gasteiger partial charge on any atom is 0.269 e. The molecule has 2 amide bonds. The highest BCUT2D eigenvalue weighted by molar-refractivity contribution is 5.92. The molecule has 0 spiro atoms. The molecule has 1 fully saturated rings. The molecule has 0 aromatic carbocycles. The lowest BCUT2D eigenvalue weighted by atomic mass is 10.0. The molecule has 7 heteroatoms. The van der Waals surface area contributed by atoms with Crippen molar-refractivity contribution < 1.29 is 9.59 Å². The van der Waals surface area contributed by atoms with E-state index in [1.807, 2.05) is 12.1 Å². The number of aromatic nitrogens is 1. The molecule has 0 radical (unpaired) electrons. The van der Waals surface area contributed by atoms with Crippen LogP contribution < -0.4 is 11.1 Å². The number of hydrogen-bond donors (Lipinski definition) is 3. The Labute approximate surface area is 143 Å². The standard InChI is InChI=1S/C17H29N5O2/c1-21(2)17(24)15-7-6-13(20-15)12-22-10-4-3-5-14(22)11-19-16(23)8-9-18/h6-7,14,20H,3-5,8-12,18H2,1-2H3,(H,19,23). The number of H-pyrrole nitrogens is 1. The number of piperidine rings is 1. The molecule has 1 atom stereocenters. The maximum atomic E-state index is 12.0. The van der Waals surface area contributed by atoms with E-state index in [1.54, 1.807) is 19.0 Å². The molecule has 0 aliphatic carbocycles. The fourth-order valence-corrected chi connectivity index (χ4v) is 3.07. The van der Waals surface area contributed by atoms with E-state index in [2.05, 4.69) is 15.2 Å². The van der Waals surface area contributed by atoms with Gasteiger partial charge in [0.15, 0.2) is 0 Å². The lowest BCUT2D eigenvalue weighted by molar-refractivity contribution is -0.121. The number of carbonyl (C=O) groups is 2. The Morgan fingerprint density at radius 1 is 1.38 bits per heavy atom. The molecule has 1 aliphatic heterocycles. The number of aromatic amines is 1.